The standard InChI is InChI=1S/C21H17N5O4S/c27-31(28,23-10-11-29-16-4-2-1-3-5-16)17-7-9-20-19(13-17)18-8-6-15(12-21(18)30-20)26-14-22-24-25-26/h1-9,12-14,23H,10-11H2. The summed E-state index contributed by atoms with van der Waals surface area (Å²) in [4.78, 5) is 0.159. The molecule has 0 radical (unpaired) electrons. The van der Waals surface area contributed by atoms with Gasteiger partial charge in [0.25, 0.3) is 0 Å². The van der Waals surface area contributed by atoms with E-state index >= 15 is 0 Å². The summed E-state index contributed by atoms with van der Waals surface area (Å²) in [5, 5.41) is 12.6. The van der Waals surface area contributed by atoms with Gasteiger partial charge in [0.15, 0.2) is 0 Å². The van der Waals surface area contributed by atoms with Crippen LogP contribution in [0.5, 0.6) is 5.75 Å². The van der Waals surface area contributed by atoms with E-state index in [1.807, 2.05) is 42.5 Å². The van der Waals surface area contributed by atoms with Crippen LogP contribution in [0, 0.1) is 0 Å². The van der Waals surface area contributed by atoms with Crippen molar-refractivity contribution in [3.05, 3.63) is 73.1 Å². The highest BCUT2D eigenvalue weighted by molar-refractivity contribution is 7.89. The predicted octanol–water partition coefficient (Wildman–Crippen LogP) is 2.92. The number of hydrogen-bond acceptors (Lipinski definition) is 7. The Morgan fingerprint density at radius 2 is 1.84 bits per heavy atom. The molecule has 31 heavy (non-hydrogen) atoms. The van der Waals surface area contributed by atoms with Gasteiger partial charge < -0.3 is 9.15 Å². The van der Waals surface area contributed by atoms with E-state index in [9.17, 15) is 8.42 Å². The fraction of sp³-hybridized carbons (Fsp3) is 0.0952. The van der Waals surface area contributed by atoms with Gasteiger partial charge in [-0.05, 0) is 52.9 Å². The van der Waals surface area contributed by atoms with Crippen LogP contribution in [0.25, 0.3) is 27.6 Å². The molecule has 0 aliphatic rings. The van der Waals surface area contributed by atoms with E-state index in [1.54, 1.807) is 18.2 Å². The van der Waals surface area contributed by atoms with Gasteiger partial charge in [0.2, 0.25) is 10.0 Å². The first-order chi connectivity index (χ1) is 15.1. The molecule has 1 N–H and O–H groups in total. The molecule has 0 saturated carbocycles. The van der Waals surface area contributed by atoms with Gasteiger partial charge in [0.05, 0.1) is 10.6 Å². The van der Waals surface area contributed by atoms with Gasteiger partial charge in [-0.15, -0.1) is 5.10 Å². The number of fused-ring (bicyclic) bond motifs is 3. The maximum absolute atomic E-state index is 12.7. The molecule has 0 saturated heterocycles. The molecule has 0 aliphatic heterocycles. The number of ether oxygens (including phenoxy) is 1. The zero-order valence-electron chi connectivity index (χ0n) is 16.2. The first kappa shape index (κ1) is 19.2. The molecule has 5 aromatic rings. The molecule has 9 nitrogen and oxygen atoms in total. The van der Waals surface area contributed by atoms with E-state index in [-0.39, 0.29) is 18.0 Å². The first-order valence-electron chi connectivity index (χ1n) is 9.47. The third-order valence-corrected chi connectivity index (χ3v) is 6.21. The molecule has 10 heteroatoms. The predicted molar refractivity (Wildman–Crippen MR) is 114 cm³/mol. The van der Waals surface area contributed by atoms with Crippen molar-refractivity contribution >= 4 is 32.0 Å². The number of rotatable bonds is 7. The van der Waals surface area contributed by atoms with Crippen LogP contribution in [0.2, 0.25) is 0 Å². The molecular formula is C21H17N5O4S. The Morgan fingerprint density at radius 1 is 0.968 bits per heavy atom. The van der Waals surface area contributed by atoms with Gasteiger partial charge >= 0.3 is 0 Å². The average molecular weight is 435 g/mol. The summed E-state index contributed by atoms with van der Waals surface area (Å²) in [5.74, 6) is 0.689. The van der Waals surface area contributed by atoms with E-state index in [4.69, 9.17) is 9.15 Å². The summed E-state index contributed by atoms with van der Waals surface area (Å²) in [7, 11) is -3.70. The number of tetrazole rings is 1. The number of benzene rings is 3. The molecule has 2 aromatic heterocycles. The second-order valence-corrected chi connectivity index (χ2v) is 8.52. The van der Waals surface area contributed by atoms with Crippen LogP contribution in [0.15, 0.2) is 82.4 Å². The molecule has 0 aliphatic carbocycles. The Morgan fingerprint density at radius 3 is 2.65 bits per heavy atom. The summed E-state index contributed by atoms with van der Waals surface area (Å²) in [6.45, 7) is 0.372. The number of nitrogens with one attached hydrogen (secondary N) is 1. The molecule has 0 unspecified atom stereocenters. The summed E-state index contributed by atoms with van der Waals surface area (Å²) in [6.07, 6.45) is 1.49. The van der Waals surface area contributed by atoms with Gasteiger partial charge in [-0.3, -0.25) is 0 Å². The molecule has 0 fully saturated rings. The highest BCUT2D eigenvalue weighted by Crippen LogP contribution is 2.31. The summed E-state index contributed by atoms with van der Waals surface area (Å²) < 4.78 is 41.0. The third-order valence-electron chi connectivity index (χ3n) is 4.76. The van der Waals surface area contributed by atoms with Gasteiger partial charge in [0, 0.05) is 23.4 Å². The maximum atomic E-state index is 12.7. The zero-order chi connectivity index (χ0) is 21.3. The molecule has 0 atom stereocenters. The second-order valence-electron chi connectivity index (χ2n) is 6.75. The third kappa shape index (κ3) is 3.86. The van der Waals surface area contributed by atoms with Crippen LogP contribution in [0.4, 0.5) is 0 Å². The first-order valence-corrected chi connectivity index (χ1v) is 11.0. The topological polar surface area (TPSA) is 112 Å². The van der Waals surface area contributed by atoms with Gasteiger partial charge in [-0.2, -0.15) is 0 Å². The lowest BCUT2D eigenvalue weighted by Gasteiger charge is -2.08. The lowest BCUT2D eigenvalue weighted by atomic mass is 10.1. The van der Waals surface area contributed by atoms with Crippen LogP contribution < -0.4 is 9.46 Å². The smallest absolute Gasteiger partial charge is 0.240 e. The Balaban J connectivity index is 1.37. The fourth-order valence-corrected chi connectivity index (χ4v) is 4.32. The molecule has 156 valence electrons. The lowest BCUT2D eigenvalue weighted by molar-refractivity contribution is 0.323. The van der Waals surface area contributed by atoms with E-state index in [2.05, 4.69) is 20.2 Å². The van der Waals surface area contributed by atoms with Crippen molar-refractivity contribution in [3.8, 4) is 11.4 Å². The second kappa shape index (κ2) is 7.82. The highest BCUT2D eigenvalue weighted by Gasteiger charge is 2.17. The Bertz CT molecular complexity index is 1450. The van der Waals surface area contributed by atoms with Crippen LogP contribution in [-0.4, -0.2) is 41.8 Å². The monoisotopic (exact) mass is 435 g/mol. The summed E-state index contributed by atoms with van der Waals surface area (Å²) in [6, 6.07) is 19.5. The van der Waals surface area contributed by atoms with Crippen molar-refractivity contribution < 1.29 is 17.6 Å². The molecule has 3 aromatic carbocycles. The van der Waals surface area contributed by atoms with Crippen molar-refractivity contribution in [3.63, 3.8) is 0 Å². The van der Waals surface area contributed by atoms with Gasteiger partial charge in [0.1, 0.15) is 29.8 Å². The van der Waals surface area contributed by atoms with Crippen molar-refractivity contribution in [2.75, 3.05) is 13.2 Å². The van der Waals surface area contributed by atoms with Crippen LogP contribution in [-0.2, 0) is 10.0 Å². The minimum atomic E-state index is -3.70. The van der Waals surface area contributed by atoms with Crippen molar-refractivity contribution in [2.24, 2.45) is 0 Å². The normalized spacial score (nSPS) is 11.9. The Labute approximate surface area is 177 Å². The van der Waals surface area contributed by atoms with Crippen molar-refractivity contribution in [1.29, 1.82) is 0 Å². The molecule has 0 amide bonds. The number of aromatic nitrogens is 4. The molecule has 0 bridgehead atoms. The minimum Gasteiger partial charge on any atom is -0.492 e. The SMILES string of the molecule is O=S(=O)(NCCOc1ccccc1)c1ccc2oc3cc(-n4cnnn4)ccc3c2c1. The van der Waals surface area contributed by atoms with Gasteiger partial charge in [-0.1, -0.05) is 18.2 Å². The van der Waals surface area contributed by atoms with E-state index in [0.29, 0.717) is 22.3 Å². The van der Waals surface area contributed by atoms with Gasteiger partial charge in [-0.25, -0.2) is 17.8 Å². The highest BCUT2D eigenvalue weighted by atomic mass is 32.2. The number of sulfonamides is 1. The lowest BCUT2D eigenvalue weighted by Crippen LogP contribution is -2.28. The van der Waals surface area contributed by atoms with Crippen molar-refractivity contribution in [2.45, 2.75) is 4.90 Å². The van der Waals surface area contributed by atoms with Crippen LogP contribution in [0.1, 0.15) is 0 Å². The van der Waals surface area contributed by atoms with E-state index in [0.717, 1.165) is 11.1 Å². The number of hydrogen-bond donors (Lipinski definition) is 1. The maximum Gasteiger partial charge on any atom is 0.240 e. The largest absolute Gasteiger partial charge is 0.492 e. The number of para-hydroxylation sites is 1. The van der Waals surface area contributed by atoms with E-state index < -0.39 is 10.0 Å². The zero-order valence-corrected chi connectivity index (χ0v) is 17.0. The summed E-state index contributed by atoms with van der Waals surface area (Å²) in [5.41, 5.74) is 1.95. The van der Waals surface area contributed by atoms with Crippen LogP contribution in [0.3, 0.4) is 0 Å². The number of furan rings is 1. The summed E-state index contributed by atoms with van der Waals surface area (Å²) >= 11 is 0. The molecular weight excluding hydrogens is 418 g/mol. The average Bonchev–Trinajstić information content (AvgIpc) is 3.44. The Hall–Kier alpha value is -3.76. The number of nitrogens with zero attached hydrogens (tertiary/aromatic N) is 4. The van der Waals surface area contributed by atoms with E-state index in [1.165, 1.54) is 17.1 Å². The molecule has 0 spiro atoms. The van der Waals surface area contributed by atoms with Crippen molar-refractivity contribution in [1.82, 2.24) is 24.9 Å². The fourth-order valence-electron chi connectivity index (χ4n) is 3.28. The quantitative estimate of drug-likeness (QED) is 0.391. The Kier molecular flexibility index (Phi) is 4.85. The van der Waals surface area contributed by atoms with Crippen LogP contribution >= 0.6 is 0 Å². The molecule has 5 rings (SSSR count). The molecule has 2 heterocycles. The minimum absolute atomic E-state index is 0.150.